The van der Waals surface area contributed by atoms with Crippen LogP contribution in [0.5, 0.6) is 11.5 Å². The van der Waals surface area contributed by atoms with Gasteiger partial charge in [-0.25, -0.2) is 4.39 Å². The molecule has 2 aromatic rings. The fourth-order valence-electron chi connectivity index (χ4n) is 1.44. The zero-order valence-electron chi connectivity index (χ0n) is 9.49. The lowest BCUT2D eigenvalue weighted by Crippen LogP contribution is -2.09. The van der Waals surface area contributed by atoms with E-state index in [0.29, 0.717) is 22.1 Å². The lowest BCUT2D eigenvalue weighted by molar-refractivity contribution is 0.480. The first-order valence-electron chi connectivity index (χ1n) is 5.19. The van der Waals surface area contributed by atoms with Gasteiger partial charge in [0.25, 0.3) is 0 Å². The van der Waals surface area contributed by atoms with Crippen molar-refractivity contribution in [3.05, 3.63) is 57.8 Å². The Morgan fingerprint density at radius 3 is 2.16 bits per heavy atom. The van der Waals surface area contributed by atoms with Gasteiger partial charge in [0.15, 0.2) is 0 Å². The van der Waals surface area contributed by atoms with Gasteiger partial charge in [-0.2, -0.15) is 0 Å². The van der Waals surface area contributed by atoms with Crippen LogP contribution in [-0.4, -0.2) is 4.99 Å². The van der Waals surface area contributed by atoms with Crippen molar-refractivity contribution >= 4 is 40.4 Å². The molecule has 0 bridgehead atoms. The Bertz CT molecular complexity index is 649. The number of hydrogen-bond donors (Lipinski definition) is 1. The Hall–Kier alpha value is -1.36. The summed E-state index contributed by atoms with van der Waals surface area (Å²) in [5.74, 6) is 0.383. The van der Waals surface area contributed by atoms with E-state index in [2.05, 4.69) is 0 Å². The number of ether oxygens (including phenoxy) is 1. The molecular formula is C13H8Cl2FNOS. The molecule has 0 heterocycles. The molecule has 0 amide bonds. The van der Waals surface area contributed by atoms with E-state index in [1.54, 1.807) is 18.2 Å². The molecule has 0 fully saturated rings. The van der Waals surface area contributed by atoms with Gasteiger partial charge < -0.3 is 10.5 Å². The third-order valence-corrected chi connectivity index (χ3v) is 3.16. The van der Waals surface area contributed by atoms with E-state index in [-0.39, 0.29) is 10.0 Å². The monoisotopic (exact) mass is 315 g/mol. The second-order valence-corrected chi connectivity index (χ2v) is 4.94. The first-order valence-corrected chi connectivity index (χ1v) is 6.36. The van der Waals surface area contributed by atoms with Gasteiger partial charge in [0.1, 0.15) is 22.3 Å². The molecular weight excluding hydrogens is 308 g/mol. The molecule has 0 aromatic heterocycles. The molecule has 0 radical (unpaired) electrons. The highest BCUT2D eigenvalue weighted by Gasteiger charge is 2.07. The van der Waals surface area contributed by atoms with Crippen molar-refractivity contribution in [1.29, 1.82) is 0 Å². The molecule has 0 saturated heterocycles. The highest BCUT2D eigenvalue weighted by molar-refractivity contribution is 7.80. The van der Waals surface area contributed by atoms with Crippen LogP contribution in [0.1, 0.15) is 5.56 Å². The summed E-state index contributed by atoms with van der Waals surface area (Å²) in [6.45, 7) is 0. The van der Waals surface area contributed by atoms with Gasteiger partial charge in [-0.15, -0.1) is 0 Å². The lowest BCUT2D eigenvalue weighted by atomic mass is 10.2. The second kappa shape index (κ2) is 5.74. The van der Waals surface area contributed by atoms with Crippen LogP contribution in [0.3, 0.4) is 0 Å². The van der Waals surface area contributed by atoms with Crippen LogP contribution < -0.4 is 10.5 Å². The van der Waals surface area contributed by atoms with Crippen molar-refractivity contribution in [2.75, 3.05) is 0 Å². The fourth-order valence-corrected chi connectivity index (χ4v) is 2.11. The zero-order valence-corrected chi connectivity index (χ0v) is 11.8. The number of thiocarbonyl (C=S) groups is 1. The maximum Gasteiger partial charge on any atom is 0.142 e. The Kier molecular flexibility index (Phi) is 4.24. The van der Waals surface area contributed by atoms with E-state index in [4.69, 9.17) is 45.9 Å². The van der Waals surface area contributed by atoms with Crippen LogP contribution >= 0.6 is 35.4 Å². The second-order valence-electron chi connectivity index (χ2n) is 3.68. The van der Waals surface area contributed by atoms with E-state index < -0.39 is 5.82 Å². The third kappa shape index (κ3) is 3.35. The quantitative estimate of drug-likeness (QED) is 0.843. The number of hydrogen-bond acceptors (Lipinski definition) is 2. The van der Waals surface area contributed by atoms with E-state index in [1.165, 1.54) is 18.2 Å². The molecule has 2 aromatic carbocycles. The predicted molar refractivity (Wildman–Crippen MR) is 78.8 cm³/mol. The molecule has 0 aliphatic carbocycles. The Morgan fingerprint density at radius 2 is 1.63 bits per heavy atom. The van der Waals surface area contributed by atoms with Gasteiger partial charge in [0, 0.05) is 17.7 Å². The zero-order chi connectivity index (χ0) is 14.0. The van der Waals surface area contributed by atoms with Crippen molar-refractivity contribution in [3.63, 3.8) is 0 Å². The van der Waals surface area contributed by atoms with Crippen molar-refractivity contribution in [3.8, 4) is 11.5 Å². The van der Waals surface area contributed by atoms with Gasteiger partial charge in [-0.1, -0.05) is 35.4 Å². The molecule has 6 heteroatoms. The normalized spacial score (nSPS) is 10.3. The number of nitrogens with two attached hydrogens (primary N) is 1. The largest absolute Gasteiger partial charge is 0.457 e. The molecule has 19 heavy (non-hydrogen) atoms. The summed E-state index contributed by atoms with van der Waals surface area (Å²) in [5, 5.41) is 0.376. The summed E-state index contributed by atoms with van der Waals surface area (Å²) < 4.78 is 18.5. The molecule has 2 rings (SSSR count). The lowest BCUT2D eigenvalue weighted by Gasteiger charge is -2.08. The van der Waals surface area contributed by atoms with Crippen LogP contribution in [0.2, 0.25) is 10.0 Å². The highest BCUT2D eigenvalue weighted by Crippen LogP contribution is 2.29. The van der Waals surface area contributed by atoms with Crippen LogP contribution in [0.25, 0.3) is 0 Å². The average molecular weight is 316 g/mol. The molecule has 0 saturated carbocycles. The van der Waals surface area contributed by atoms with Gasteiger partial charge in [0.05, 0.1) is 10.0 Å². The predicted octanol–water partition coefficient (Wildman–Crippen LogP) is 4.56. The average Bonchev–Trinajstić information content (AvgIpc) is 2.33. The maximum atomic E-state index is 13.0. The molecule has 0 aliphatic rings. The van der Waals surface area contributed by atoms with Crippen molar-refractivity contribution in [2.45, 2.75) is 0 Å². The molecule has 2 N–H and O–H groups in total. The molecule has 0 aliphatic heterocycles. The van der Waals surface area contributed by atoms with E-state index in [9.17, 15) is 4.39 Å². The van der Waals surface area contributed by atoms with Crippen molar-refractivity contribution in [2.24, 2.45) is 5.73 Å². The van der Waals surface area contributed by atoms with Crippen LogP contribution in [0, 0.1) is 5.82 Å². The number of rotatable bonds is 3. The number of benzene rings is 2. The van der Waals surface area contributed by atoms with E-state index in [1.807, 2.05) is 0 Å². The standard InChI is InChI=1S/C13H8Cl2FNOS/c14-10-5-7(1-3-9(10)13(17)19)18-8-2-4-12(16)11(15)6-8/h1-6H,(H2,17,19). The van der Waals surface area contributed by atoms with E-state index in [0.717, 1.165) is 0 Å². The van der Waals surface area contributed by atoms with Gasteiger partial charge in [0.2, 0.25) is 0 Å². The Morgan fingerprint density at radius 1 is 1.05 bits per heavy atom. The SMILES string of the molecule is NC(=S)c1ccc(Oc2ccc(F)c(Cl)c2)cc1Cl. The van der Waals surface area contributed by atoms with E-state index >= 15 is 0 Å². The first-order chi connectivity index (χ1) is 8.97. The molecule has 98 valence electrons. The van der Waals surface area contributed by atoms with Crippen LogP contribution in [0.4, 0.5) is 4.39 Å². The third-order valence-electron chi connectivity index (χ3n) is 2.33. The first kappa shape index (κ1) is 14.1. The minimum absolute atomic E-state index is 0.0108. The van der Waals surface area contributed by atoms with Gasteiger partial charge in [-0.3, -0.25) is 0 Å². The summed E-state index contributed by atoms with van der Waals surface area (Å²) >= 11 is 16.5. The highest BCUT2D eigenvalue weighted by atomic mass is 35.5. The van der Waals surface area contributed by atoms with Crippen molar-refractivity contribution in [1.82, 2.24) is 0 Å². The maximum absolute atomic E-state index is 13.0. The summed E-state index contributed by atoms with van der Waals surface area (Å²) in [4.78, 5) is 0.210. The minimum Gasteiger partial charge on any atom is -0.457 e. The summed E-state index contributed by atoms with van der Waals surface area (Å²) in [7, 11) is 0. The summed E-state index contributed by atoms with van der Waals surface area (Å²) in [6, 6.07) is 8.97. The van der Waals surface area contributed by atoms with Crippen LogP contribution in [-0.2, 0) is 0 Å². The summed E-state index contributed by atoms with van der Waals surface area (Å²) in [5.41, 5.74) is 6.07. The molecule has 0 spiro atoms. The Balaban J connectivity index is 2.26. The smallest absolute Gasteiger partial charge is 0.142 e. The van der Waals surface area contributed by atoms with Gasteiger partial charge >= 0.3 is 0 Å². The minimum atomic E-state index is -0.504. The molecule has 0 unspecified atom stereocenters. The number of halogens is 3. The van der Waals surface area contributed by atoms with Crippen LogP contribution in [0.15, 0.2) is 36.4 Å². The topological polar surface area (TPSA) is 35.2 Å². The van der Waals surface area contributed by atoms with Crippen molar-refractivity contribution < 1.29 is 9.13 Å². The Labute approximate surface area is 124 Å². The summed E-state index contributed by atoms with van der Waals surface area (Å²) in [6.07, 6.45) is 0. The fraction of sp³-hybridized carbons (Fsp3) is 0. The van der Waals surface area contributed by atoms with Gasteiger partial charge in [-0.05, 0) is 24.3 Å². The molecule has 2 nitrogen and oxygen atoms in total. The molecule has 0 atom stereocenters.